The van der Waals surface area contributed by atoms with Gasteiger partial charge in [0.15, 0.2) is 0 Å². The van der Waals surface area contributed by atoms with Gasteiger partial charge in [0.05, 0.1) is 0 Å². The standard InChI is InChI=1S/C35H56O2/c1-9-11-12-13-14-15-16-17-18-19-20-27-22-29(33(37)31(24-27)35(6,7)8)25-28-21-26(10-2)23-30(32(28)36)34(3,4)5/h21-24,36-37H,9-20,25H2,1-8H3. The van der Waals surface area contributed by atoms with Crippen LogP contribution in [0.25, 0.3) is 0 Å². The molecule has 0 bridgehead atoms. The number of benzene rings is 2. The van der Waals surface area contributed by atoms with Gasteiger partial charge in [-0.3, -0.25) is 0 Å². The minimum Gasteiger partial charge on any atom is -0.507 e. The van der Waals surface area contributed by atoms with Crippen LogP contribution < -0.4 is 0 Å². The molecule has 0 unspecified atom stereocenters. The minimum atomic E-state index is -0.142. The number of aryl methyl sites for hydroxylation is 2. The molecule has 0 spiro atoms. The average molecular weight is 509 g/mol. The Morgan fingerprint density at radius 2 is 0.946 bits per heavy atom. The zero-order valence-electron chi connectivity index (χ0n) is 25.4. The van der Waals surface area contributed by atoms with Gasteiger partial charge in [0.2, 0.25) is 0 Å². The second-order valence-electron chi connectivity index (χ2n) is 13.3. The number of hydrogen-bond donors (Lipinski definition) is 2. The Morgan fingerprint density at radius 1 is 0.541 bits per heavy atom. The Bertz CT molecular complexity index is 972. The zero-order valence-corrected chi connectivity index (χ0v) is 25.4. The van der Waals surface area contributed by atoms with Gasteiger partial charge in [0, 0.05) is 6.42 Å². The van der Waals surface area contributed by atoms with Crippen molar-refractivity contribution in [3.05, 3.63) is 57.6 Å². The maximum Gasteiger partial charge on any atom is 0.122 e. The van der Waals surface area contributed by atoms with Crippen molar-refractivity contribution in [3.8, 4) is 11.5 Å². The monoisotopic (exact) mass is 508 g/mol. The van der Waals surface area contributed by atoms with E-state index in [2.05, 4.69) is 79.7 Å². The van der Waals surface area contributed by atoms with Crippen LogP contribution in [-0.4, -0.2) is 10.2 Å². The average Bonchev–Trinajstić information content (AvgIpc) is 2.81. The molecular formula is C35H56O2. The topological polar surface area (TPSA) is 40.5 Å². The first-order valence-corrected chi connectivity index (χ1v) is 15.1. The first-order valence-electron chi connectivity index (χ1n) is 15.1. The van der Waals surface area contributed by atoms with Crippen LogP contribution >= 0.6 is 0 Å². The van der Waals surface area contributed by atoms with E-state index in [1.807, 2.05) is 0 Å². The van der Waals surface area contributed by atoms with Crippen molar-refractivity contribution in [1.82, 2.24) is 0 Å². The number of hydrogen-bond acceptors (Lipinski definition) is 2. The lowest BCUT2D eigenvalue weighted by Crippen LogP contribution is -2.14. The highest BCUT2D eigenvalue weighted by molar-refractivity contribution is 5.53. The predicted molar refractivity (Wildman–Crippen MR) is 161 cm³/mol. The number of rotatable bonds is 14. The fraction of sp³-hybridized carbons (Fsp3) is 0.657. The van der Waals surface area contributed by atoms with Crippen molar-refractivity contribution in [2.45, 2.75) is 150 Å². The van der Waals surface area contributed by atoms with E-state index in [0.717, 1.165) is 35.1 Å². The van der Waals surface area contributed by atoms with Crippen molar-refractivity contribution in [2.75, 3.05) is 0 Å². The second-order valence-corrected chi connectivity index (χ2v) is 13.3. The molecule has 0 aliphatic rings. The molecular weight excluding hydrogens is 452 g/mol. The molecule has 2 heteroatoms. The number of phenolic OH excluding ortho intramolecular Hbond substituents is 2. The highest BCUT2D eigenvalue weighted by atomic mass is 16.3. The molecule has 0 radical (unpaired) electrons. The summed E-state index contributed by atoms with van der Waals surface area (Å²) in [5, 5.41) is 22.5. The van der Waals surface area contributed by atoms with Crippen LogP contribution in [0, 0.1) is 0 Å². The lowest BCUT2D eigenvalue weighted by molar-refractivity contribution is 0.435. The van der Waals surface area contributed by atoms with Gasteiger partial charge in [-0.2, -0.15) is 0 Å². The number of phenols is 2. The Hall–Kier alpha value is -1.96. The van der Waals surface area contributed by atoms with E-state index >= 15 is 0 Å². The Labute approximate surface area is 228 Å². The molecule has 208 valence electrons. The van der Waals surface area contributed by atoms with Crippen LogP contribution in [-0.2, 0) is 30.1 Å². The summed E-state index contributed by atoms with van der Waals surface area (Å²) in [6, 6.07) is 8.67. The molecule has 2 nitrogen and oxygen atoms in total. The molecule has 0 atom stereocenters. The lowest BCUT2D eigenvalue weighted by atomic mass is 9.81. The summed E-state index contributed by atoms with van der Waals surface area (Å²) in [5.41, 5.74) is 6.09. The van der Waals surface area contributed by atoms with Crippen LogP contribution in [0.15, 0.2) is 24.3 Å². The third-order valence-electron chi connectivity index (χ3n) is 7.72. The van der Waals surface area contributed by atoms with E-state index in [-0.39, 0.29) is 10.8 Å². The van der Waals surface area contributed by atoms with Crippen molar-refractivity contribution < 1.29 is 10.2 Å². The van der Waals surface area contributed by atoms with Gasteiger partial charge in [0.1, 0.15) is 11.5 Å². The number of unbranched alkanes of at least 4 members (excludes halogenated alkanes) is 9. The van der Waals surface area contributed by atoms with Crippen LogP contribution in [0.2, 0.25) is 0 Å². The second kappa shape index (κ2) is 14.3. The van der Waals surface area contributed by atoms with Gasteiger partial charge in [-0.15, -0.1) is 0 Å². The quantitative estimate of drug-likeness (QED) is 0.249. The van der Waals surface area contributed by atoms with Gasteiger partial charge in [0.25, 0.3) is 0 Å². The van der Waals surface area contributed by atoms with E-state index in [1.54, 1.807) is 0 Å². The van der Waals surface area contributed by atoms with Gasteiger partial charge in [-0.1, -0.05) is 137 Å². The van der Waals surface area contributed by atoms with Crippen molar-refractivity contribution in [1.29, 1.82) is 0 Å². The molecule has 37 heavy (non-hydrogen) atoms. The Balaban J connectivity index is 2.17. The Kier molecular flexibility index (Phi) is 12.1. The summed E-state index contributed by atoms with van der Waals surface area (Å²) in [6.45, 7) is 17.4. The van der Waals surface area contributed by atoms with Gasteiger partial charge >= 0.3 is 0 Å². The molecule has 0 heterocycles. The molecule has 2 aromatic carbocycles. The zero-order chi connectivity index (χ0) is 27.6. The maximum atomic E-state index is 11.3. The van der Waals surface area contributed by atoms with E-state index in [0.29, 0.717) is 17.9 Å². The van der Waals surface area contributed by atoms with Crippen LogP contribution in [0.4, 0.5) is 0 Å². The molecule has 2 rings (SSSR count). The van der Waals surface area contributed by atoms with Gasteiger partial charge in [-0.05, 0) is 63.5 Å². The molecule has 0 aliphatic carbocycles. The molecule has 0 aromatic heterocycles. The molecule has 0 amide bonds. The first-order chi connectivity index (χ1) is 17.4. The molecule has 0 saturated heterocycles. The fourth-order valence-electron chi connectivity index (χ4n) is 5.30. The highest BCUT2D eigenvalue weighted by Gasteiger charge is 2.24. The Morgan fingerprint density at radius 3 is 1.38 bits per heavy atom. The largest absolute Gasteiger partial charge is 0.507 e. The summed E-state index contributed by atoms with van der Waals surface area (Å²) in [7, 11) is 0. The van der Waals surface area contributed by atoms with Crippen LogP contribution in [0.3, 0.4) is 0 Å². The summed E-state index contributed by atoms with van der Waals surface area (Å²) in [5.74, 6) is 0.763. The van der Waals surface area contributed by atoms with Crippen LogP contribution in [0.5, 0.6) is 11.5 Å². The maximum absolute atomic E-state index is 11.3. The van der Waals surface area contributed by atoms with E-state index in [9.17, 15) is 10.2 Å². The van der Waals surface area contributed by atoms with Gasteiger partial charge in [-0.25, -0.2) is 0 Å². The smallest absolute Gasteiger partial charge is 0.122 e. The van der Waals surface area contributed by atoms with Crippen molar-refractivity contribution >= 4 is 0 Å². The highest BCUT2D eigenvalue weighted by Crippen LogP contribution is 2.39. The van der Waals surface area contributed by atoms with Crippen molar-refractivity contribution in [2.24, 2.45) is 0 Å². The molecule has 0 fully saturated rings. The first kappa shape index (κ1) is 31.3. The third kappa shape index (κ3) is 9.69. The van der Waals surface area contributed by atoms with E-state index in [1.165, 1.54) is 75.3 Å². The molecule has 0 saturated carbocycles. The third-order valence-corrected chi connectivity index (χ3v) is 7.72. The van der Waals surface area contributed by atoms with Crippen LogP contribution in [0.1, 0.15) is 153 Å². The van der Waals surface area contributed by atoms with E-state index < -0.39 is 0 Å². The summed E-state index contributed by atoms with van der Waals surface area (Å²) in [4.78, 5) is 0. The molecule has 2 aromatic rings. The minimum absolute atomic E-state index is 0.139. The molecule has 2 N–H and O–H groups in total. The van der Waals surface area contributed by atoms with Crippen molar-refractivity contribution in [3.63, 3.8) is 0 Å². The summed E-state index contributed by atoms with van der Waals surface area (Å²) in [6.07, 6.45) is 15.9. The summed E-state index contributed by atoms with van der Waals surface area (Å²) < 4.78 is 0. The predicted octanol–water partition coefficient (Wildman–Crippen LogP) is 10.3. The fourth-order valence-corrected chi connectivity index (χ4v) is 5.30. The summed E-state index contributed by atoms with van der Waals surface area (Å²) >= 11 is 0. The van der Waals surface area contributed by atoms with E-state index in [4.69, 9.17) is 0 Å². The lowest BCUT2D eigenvalue weighted by Gasteiger charge is -2.25. The number of aromatic hydroxyl groups is 2. The van der Waals surface area contributed by atoms with Gasteiger partial charge < -0.3 is 10.2 Å². The molecule has 0 aliphatic heterocycles. The SMILES string of the molecule is CCCCCCCCCCCCc1cc(Cc2cc(CC)cc(C(C)(C)C)c2O)c(O)c(C(C)(C)C)c1. The normalized spacial score (nSPS) is 12.3.